The van der Waals surface area contributed by atoms with E-state index in [1.54, 1.807) is 0 Å². The standard InChI is InChI=1S/C8H7FN6O2/c9-6-3-5(15(16)17)1-2-7(6)10-4-8-11-13-14-12-8/h1-3,10H,4H2,(H,11,12,13,14). The molecule has 0 aliphatic carbocycles. The van der Waals surface area contributed by atoms with Gasteiger partial charge in [0.25, 0.3) is 5.69 Å². The lowest BCUT2D eigenvalue weighted by Crippen LogP contribution is -2.03. The first-order valence-corrected chi connectivity index (χ1v) is 4.57. The molecule has 2 rings (SSSR count). The van der Waals surface area contributed by atoms with Crippen LogP contribution in [0.2, 0.25) is 0 Å². The Labute approximate surface area is 94.0 Å². The number of tetrazole rings is 1. The third-order valence-corrected chi connectivity index (χ3v) is 1.99. The summed E-state index contributed by atoms with van der Waals surface area (Å²) in [4.78, 5) is 9.73. The number of aromatic amines is 1. The van der Waals surface area contributed by atoms with E-state index in [0.29, 0.717) is 5.82 Å². The Bertz CT molecular complexity index is 529. The molecule has 2 N–H and O–H groups in total. The summed E-state index contributed by atoms with van der Waals surface area (Å²) in [5.74, 6) is -0.342. The zero-order valence-corrected chi connectivity index (χ0v) is 8.42. The summed E-state index contributed by atoms with van der Waals surface area (Å²) in [6.45, 7) is 0.172. The highest BCUT2D eigenvalue weighted by Crippen LogP contribution is 2.20. The van der Waals surface area contributed by atoms with Crippen molar-refractivity contribution in [2.45, 2.75) is 6.54 Å². The van der Waals surface area contributed by atoms with E-state index in [1.807, 2.05) is 0 Å². The second-order valence-corrected chi connectivity index (χ2v) is 3.10. The molecule has 2 aromatic rings. The summed E-state index contributed by atoms with van der Waals surface area (Å²) in [6.07, 6.45) is 0. The highest BCUT2D eigenvalue weighted by Gasteiger charge is 2.10. The van der Waals surface area contributed by atoms with Crippen LogP contribution in [0.3, 0.4) is 0 Å². The first kappa shape index (κ1) is 10.9. The lowest BCUT2D eigenvalue weighted by Gasteiger charge is -2.04. The largest absolute Gasteiger partial charge is 0.375 e. The molecule has 0 radical (unpaired) electrons. The zero-order valence-electron chi connectivity index (χ0n) is 8.42. The van der Waals surface area contributed by atoms with Crippen molar-refractivity contribution >= 4 is 11.4 Å². The Morgan fingerprint density at radius 3 is 2.94 bits per heavy atom. The number of hydrogen-bond donors (Lipinski definition) is 2. The summed E-state index contributed by atoms with van der Waals surface area (Å²) in [5.41, 5.74) is -0.159. The third-order valence-electron chi connectivity index (χ3n) is 1.99. The predicted octanol–water partition coefficient (Wildman–Crippen LogP) is 0.859. The van der Waals surface area contributed by atoms with Gasteiger partial charge in [-0.2, -0.15) is 5.21 Å². The van der Waals surface area contributed by atoms with Crippen LogP contribution in [-0.4, -0.2) is 25.5 Å². The summed E-state index contributed by atoms with van der Waals surface area (Å²) in [6, 6.07) is 3.34. The fourth-order valence-corrected chi connectivity index (χ4v) is 1.19. The average Bonchev–Trinajstić information content (AvgIpc) is 2.80. The number of rotatable bonds is 4. The number of nitro groups is 1. The van der Waals surface area contributed by atoms with Crippen LogP contribution in [0, 0.1) is 15.9 Å². The Hall–Kier alpha value is -2.58. The molecule has 0 saturated carbocycles. The van der Waals surface area contributed by atoms with Crippen LogP contribution in [0.5, 0.6) is 0 Å². The van der Waals surface area contributed by atoms with Gasteiger partial charge in [-0.25, -0.2) is 4.39 Å². The van der Waals surface area contributed by atoms with E-state index in [1.165, 1.54) is 12.1 Å². The molecule has 88 valence electrons. The molecule has 0 unspecified atom stereocenters. The molecule has 0 amide bonds. The molecule has 17 heavy (non-hydrogen) atoms. The van der Waals surface area contributed by atoms with Gasteiger partial charge in [-0.15, -0.1) is 10.2 Å². The van der Waals surface area contributed by atoms with Gasteiger partial charge in [0, 0.05) is 6.07 Å². The summed E-state index contributed by atoms with van der Waals surface area (Å²) in [5, 5.41) is 26.0. The minimum absolute atomic E-state index is 0.139. The fraction of sp³-hybridized carbons (Fsp3) is 0.125. The fourth-order valence-electron chi connectivity index (χ4n) is 1.19. The molecule has 0 aliphatic heterocycles. The van der Waals surface area contributed by atoms with E-state index in [9.17, 15) is 14.5 Å². The maximum Gasteiger partial charge on any atom is 0.272 e. The SMILES string of the molecule is O=[N+]([O-])c1ccc(NCc2nn[nH]n2)c(F)c1. The number of non-ortho nitro benzene ring substituents is 1. The number of nitro benzene ring substituents is 1. The van der Waals surface area contributed by atoms with Gasteiger partial charge in [-0.05, 0) is 6.07 Å². The van der Waals surface area contributed by atoms with Crippen LogP contribution in [0.25, 0.3) is 0 Å². The highest BCUT2D eigenvalue weighted by molar-refractivity contribution is 5.50. The lowest BCUT2D eigenvalue weighted by atomic mass is 10.2. The molecule has 0 aliphatic rings. The van der Waals surface area contributed by atoms with Crippen molar-refractivity contribution in [3.05, 3.63) is 40.0 Å². The highest BCUT2D eigenvalue weighted by atomic mass is 19.1. The quantitative estimate of drug-likeness (QED) is 0.603. The van der Waals surface area contributed by atoms with Gasteiger partial charge < -0.3 is 5.32 Å². The van der Waals surface area contributed by atoms with Crippen molar-refractivity contribution in [1.29, 1.82) is 0 Å². The van der Waals surface area contributed by atoms with E-state index < -0.39 is 10.7 Å². The van der Waals surface area contributed by atoms with Gasteiger partial charge in [-0.3, -0.25) is 10.1 Å². The smallest absolute Gasteiger partial charge is 0.272 e. The zero-order chi connectivity index (χ0) is 12.3. The van der Waals surface area contributed by atoms with Gasteiger partial charge >= 0.3 is 0 Å². The van der Waals surface area contributed by atoms with E-state index in [4.69, 9.17) is 0 Å². The normalized spacial score (nSPS) is 10.2. The van der Waals surface area contributed by atoms with Crippen molar-refractivity contribution in [2.24, 2.45) is 0 Å². The number of nitrogens with zero attached hydrogens (tertiary/aromatic N) is 4. The molecule has 0 bridgehead atoms. The number of halogens is 1. The van der Waals surface area contributed by atoms with Gasteiger partial charge in [0.1, 0.15) is 0 Å². The molecule has 1 aromatic carbocycles. The van der Waals surface area contributed by atoms with E-state index in [-0.39, 0.29) is 17.9 Å². The second-order valence-electron chi connectivity index (χ2n) is 3.10. The number of benzene rings is 1. The Morgan fingerprint density at radius 1 is 1.53 bits per heavy atom. The summed E-state index contributed by atoms with van der Waals surface area (Å²) in [7, 11) is 0. The van der Waals surface area contributed by atoms with Gasteiger partial charge in [0.05, 0.1) is 23.2 Å². The van der Waals surface area contributed by atoms with Crippen molar-refractivity contribution in [3.63, 3.8) is 0 Å². The lowest BCUT2D eigenvalue weighted by molar-refractivity contribution is -0.385. The van der Waals surface area contributed by atoms with Gasteiger partial charge in [0.2, 0.25) is 0 Å². The van der Waals surface area contributed by atoms with E-state index in [2.05, 4.69) is 25.9 Å². The molecule has 8 nitrogen and oxygen atoms in total. The maximum atomic E-state index is 13.4. The first-order valence-electron chi connectivity index (χ1n) is 4.57. The number of H-pyrrole nitrogens is 1. The monoisotopic (exact) mass is 238 g/mol. The van der Waals surface area contributed by atoms with Crippen LogP contribution >= 0.6 is 0 Å². The van der Waals surface area contributed by atoms with Crippen molar-refractivity contribution < 1.29 is 9.31 Å². The molecule has 0 fully saturated rings. The Morgan fingerprint density at radius 2 is 2.35 bits per heavy atom. The first-order chi connectivity index (χ1) is 8.16. The molecule has 9 heteroatoms. The molecular weight excluding hydrogens is 231 g/mol. The van der Waals surface area contributed by atoms with Crippen LogP contribution in [-0.2, 0) is 6.54 Å². The van der Waals surface area contributed by atoms with E-state index >= 15 is 0 Å². The number of nitrogens with one attached hydrogen (secondary N) is 2. The average molecular weight is 238 g/mol. The van der Waals surface area contributed by atoms with Crippen LogP contribution in [0.4, 0.5) is 15.8 Å². The third kappa shape index (κ3) is 2.51. The van der Waals surface area contributed by atoms with Crippen LogP contribution < -0.4 is 5.32 Å². The minimum Gasteiger partial charge on any atom is -0.375 e. The number of anilines is 1. The Balaban J connectivity index is 2.09. The van der Waals surface area contributed by atoms with Gasteiger partial charge in [0.15, 0.2) is 11.6 Å². The second kappa shape index (κ2) is 4.51. The topological polar surface area (TPSA) is 110 Å². The van der Waals surface area contributed by atoms with Crippen molar-refractivity contribution in [1.82, 2.24) is 20.6 Å². The van der Waals surface area contributed by atoms with Crippen LogP contribution in [0.1, 0.15) is 5.82 Å². The van der Waals surface area contributed by atoms with Crippen molar-refractivity contribution in [2.75, 3.05) is 5.32 Å². The number of aromatic nitrogens is 4. The molecule has 0 atom stereocenters. The molecular formula is C8H7FN6O2. The molecule has 0 saturated heterocycles. The minimum atomic E-state index is -0.706. The Kier molecular flexibility index (Phi) is 2.90. The molecule has 0 spiro atoms. The van der Waals surface area contributed by atoms with E-state index in [0.717, 1.165) is 6.07 Å². The molecule has 1 aromatic heterocycles. The van der Waals surface area contributed by atoms with Crippen LogP contribution in [0.15, 0.2) is 18.2 Å². The predicted molar refractivity (Wildman–Crippen MR) is 54.6 cm³/mol. The summed E-state index contributed by atoms with van der Waals surface area (Å²) >= 11 is 0. The van der Waals surface area contributed by atoms with Gasteiger partial charge in [-0.1, -0.05) is 5.21 Å². The summed E-state index contributed by atoms with van der Waals surface area (Å²) < 4.78 is 13.4. The molecule has 1 heterocycles. The maximum absolute atomic E-state index is 13.4. The van der Waals surface area contributed by atoms with Crippen molar-refractivity contribution in [3.8, 4) is 0 Å². The number of hydrogen-bond acceptors (Lipinski definition) is 6.